The van der Waals surface area contributed by atoms with E-state index in [-0.39, 0.29) is 41.1 Å². The molecule has 0 unspecified atom stereocenters. The first kappa shape index (κ1) is 26.7. The SMILES string of the molecule is CC1(C)O[C@]23C[C@@]4(N)[C@@H](CO)CC[C@H]([C@@H]14)[C@@H]2c1ccc2cccc4c2c1[C@@H]1[C@H](CC2(CCCC2)C[C@@H]13)[C@H]4c1ccc(N)nc1. The predicted octanol–water partition coefficient (Wildman–Crippen LogP) is 7.01. The zero-order valence-corrected chi connectivity index (χ0v) is 26.3. The van der Waals surface area contributed by atoms with Gasteiger partial charge in [-0.05, 0) is 127 Å². The van der Waals surface area contributed by atoms with Gasteiger partial charge in [0.15, 0.2) is 0 Å². The molecule has 0 amide bonds. The fraction of sp³-hybridized carbons (Fsp3) is 0.615. The number of nitrogen functional groups attached to an aromatic ring is 1. The number of anilines is 1. The zero-order valence-electron chi connectivity index (χ0n) is 26.3. The highest BCUT2D eigenvalue weighted by Gasteiger charge is 2.76. The molecule has 1 aromatic heterocycles. The minimum atomic E-state index is -0.389. The van der Waals surface area contributed by atoms with Crippen molar-refractivity contribution in [3.05, 3.63) is 70.9 Å². The maximum Gasteiger partial charge on any atom is 0.123 e. The molecule has 6 aliphatic carbocycles. The third-order valence-electron chi connectivity index (χ3n) is 14.8. The summed E-state index contributed by atoms with van der Waals surface area (Å²) in [5.74, 6) is 3.47. The van der Waals surface area contributed by atoms with Crippen LogP contribution in [0.1, 0.15) is 112 Å². The van der Waals surface area contributed by atoms with Gasteiger partial charge in [-0.25, -0.2) is 4.98 Å². The molecule has 2 spiro atoms. The Hall–Kier alpha value is -2.47. The number of aliphatic hydroxyl groups is 1. The summed E-state index contributed by atoms with van der Waals surface area (Å²) >= 11 is 0. The molecule has 4 bridgehead atoms. The first-order valence-electron chi connectivity index (χ1n) is 17.6. The third-order valence-corrected chi connectivity index (χ3v) is 14.8. The molecule has 3 aromatic rings. The molecule has 4 saturated carbocycles. The van der Waals surface area contributed by atoms with Crippen LogP contribution in [0.3, 0.4) is 0 Å². The Morgan fingerprint density at radius 1 is 0.977 bits per heavy atom. The Bertz CT molecular complexity index is 1690. The Morgan fingerprint density at radius 2 is 1.82 bits per heavy atom. The molecule has 2 aromatic carbocycles. The summed E-state index contributed by atoms with van der Waals surface area (Å²) < 4.78 is 7.74. The average molecular weight is 590 g/mol. The summed E-state index contributed by atoms with van der Waals surface area (Å²) in [7, 11) is 0. The third kappa shape index (κ3) is 3.06. The van der Waals surface area contributed by atoms with Gasteiger partial charge < -0.3 is 21.3 Å². The van der Waals surface area contributed by atoms with Crippen molar-refractivity contribution < 1.29 is 9.84 Å². The van der Waals surface area contributed by atoms with Crippen LogP contribution in [-0.4, -0.2) is 33.4 Å². The minimum absolute atomic E-state index is 0.147. The molecule has 2 aliphatic heterocycles. The first-order valence-corrected chi connectivity index (χ1v) is 17.6. The standard InChI is InChI=1S/C39H47N3O2/c1-36(2)35-26-12-10-23(19-43)38(35,41)20-39(44-36)28-17-37(14-3-4-15-37)16-27-30(22-9-13-29(40)42-18-22)24-7-5-6-21-8-11-25(34(26)39)33(31(21)24)32(27)28/h5-9,11,13,18,23,26-28,30,32,34-35,43H,3-4,10,12,14-17,19-20,41H2,1-2H3,(H2,40,42)/t23-,26+,27-,28+,30+,32-,34+,35+,38-,39+/m1/s1. The lowest BCUT2D eigenvalue weighted by molar-refractivity contribution is -0.340. The maximum atomic E-state index is 10.7. The van der Waals surface area contributed by atoms with Gasteiger partial charge in [0.25, 0.3) is 0 Å². The van der Waals surface area contributed by atoms with Crippen LogP contribution in [0.5, 0.6) is 0 Å². The molecular weight excluding hydrogens is 542 g/mol. The minimum Gasteiger partial charge on any atom is -0.396 e. The van der Waals surface area contributed by atoms with Crippen LogP contribution < -0.4 is 11.5 Å². The van der Waals surface area contributed by atoms with E-state index >= 15 is 0 Å². The highest BCUT2D eigenvalue weighted by molar-refractivity contribution is 5.93. The van der Waals surface area contributed by atoms with Gasteiger partial charge in [0.1, 0.15) is 5.82 Å². The Labute approximate surface area is 261 Å². The molecule has 5 heteroatoms. The van der Waals surface area contributed by atoms with Crippen molar-refractivity contribution in [2.24, 2.45) is 40.7 Å². The lowest BCUT2D eigenvalue weighted by Crippen LogP contribution is -2.81. The van der Waals surface area contributed by atoms with E-state index in [0.717, 1.165) is 19.3 Å². The quantitative estimate of drug-likeness (QED) is 0.299. The number of aliphatic hydroxyl groups excluding tert-OH is 1. The summed E-state index contributed by atoms with van der Waals surface area (Å²) in [5, 5.41) is 13.6. The van der Waals surface area contributed by atoms with Gasteiger partial charge in [-0.2, -0.15) is 0 Å². The molecule has 6 fully saturated rings. The molecular formula is C39H47N3O2. The van der Waals surface area contributed by atoms with E-state index in [2.05, 4.69) is 61.4 Å². The smallest absolute Gasteiger partial charge is 0.123 e. The largest absolute Gasteiger partial charge is 0.396 e. The second-order valence-electron chi connectivity index (χ2n) is 16.9. The van der Waals surface area contributed by atoms with Crippen LogP contribution in [0.25, 0.3) is 10.8 Å². The van der Waals surface area contributed by atoms with E-state index in [0.29, 0.717) is 40.8 Å². The van der Waals surface area contributed by atoms with Crippen molar-refractivity contribution in [1.82, 2.24) is 4.98 Å². The summed E-state index contributed by atoms with van der Waals surface area (Å²) in [5.41, 5.74) is 19.3. The summed E-state index contributed by atoms with van der Waals surface area (Å²) in [6.45, 7) is 4.87. The van der Waals surface area contributed by atoms with Crippen LogP contribution in [0.2, 0.25) is 0 Å². The highest BCUT2D eigenvalue weighted by atomic mass is 16.5. The molecule has 2 saturated heterocycles. The molecule has 5 N–H and O–H groups in total. The molecule has 230 valence electrons. The Kier molecular flexibility index (Phi) is 5.14. The number of fused-ring (bicyclic) bond motifs is 1. The van der Waals surface area contributed by atoms with Crippen LogP contribution in [0, 0.1) is 35.0 Å². The maximum absolute atomic E-state index is 10.7. The number of nitrogens with zero attached hydrogens (tertiary/aromatic N) is 1. The lowest BCUT2D eigenvalue weighted by atomic mass is 9.35. The van der Waals surface area contributed by atoms with E-state index < -0.39 is 0 Å². The van der Waals surface area contributed by atoms with Gasteiger partial charge in [-0.1, -0.05) is 49.2 Å². The van der Waals surface area contributed by atoms with Crippen LogP contribution in [-0.2, 0) is 4.74 Å². The van der Waals surface area contributed by atoms with Crippen LogP contribution >= 0.6 is 0 Å². The topological polar surface area (TPSA) is 94.4 Å². The average Bonchev–Trinajstić information content (AvgIpc) is 3.44. The second kappa shape index (κ2) is 8.46. The van der Waals surface area contributed by atoms with Gasteiger partial charge in [0, 0.05) is 42.0 Å². The van der Waals surface area contributed by atoms with Crippen molar-refractivity contribution in [3.63, 3.8) is 0 Å². The van der Waals surface area contributed by atoms with Gasteiger partial charge in [-0.3, -0.25) is 0 Å². The van der Waals surface area contributed by atoms with Crippen molar-refractivity contribution in [2.75, 3.05) is 12.3 Å². The van der Waals surface area contributed by atoms with Crippen molar-refractivity contribution in [1.29, 1.82) is 0 Å². The number of hydrogen-bond acceptors (Lipinski definition) is 5. The summed E-state index contributed by atoms with van der Waals surface area (Å²) in [6, 6.07) is 16.2. The van der Waals surface area contributed by atoms with Gasteiger partial charge in [-0.15, -0.1) is 0 Å². The number of aromatic nitrogens is 1. The van der Waals surface area contributed by atoms with Gasteiger partial charge in [0.05, 0.1) is 11.2 Å². The molecule has 10 atom stereocenters. The second-order valence-corrected chi connectivity index (χ2v) is 16.9. The zero-order chi connectivity index (χ0) is 29.8. The molecule has 11 rings (SSSR count). The Balaban J connectivity index is 1.29. The van der Waals surface area contributed by atoms with Crippen LogP contribution in [0.4, 0.5) is 5.82 Å². The predicted molar refractivity (Wildman–Crippen MR) is 173 cm³/mol. The number of hydrogen-bond donors (Lipinski definition) is 3. The van der Waals surface area contributed by atoms with E-state index in [1.807, 2.05) is 6.07 Å². The molecule has 5 nitrogen and oxygen atoms in total. The number of ether oxygens (including phenoxy) is 1. The molecule has 0 radical (unpaired) electrons. The van der Waals surface area contributed by atoms with Gasteiger partial charge in [0.2, 0.25) is 0 Å². The van der Waals surface area contributed by atoms with Crippen molar-refractivity contribution >= 4 is 16.6 Å². The van der Waals surface area contributed by atoms with E-state index in [4.69, 9.17) is 16.2 Å². The summed E-state index contributed by atoms with van der Waals surface area (Å²) in [6.07, 6.45) is 13.0. The fourth-order valence-corrected chi connectivity index (χ4v) is 14.0. The number of nitrogens with two attached hydrogens (primary N) is 2. The van der Waals surface area contributed by atoms with Crippen molar-refractivity contribution in [2.45, 2.75) is 106 Å². The highest BCUT2D eigenvalue weighted by Crippen LogP contribution is 2.77. The van der Waals surface area contributed by atoms with E-state index in [9.17, 15) is 5.11 Å². The number of benzene rings is 2. The number of pyridine rings is 1. The number of rotatable bonds is 2. The van der Waals surface area contributed by atoms with Crippen molar-refractivity contribution in [3.8, 4) is 0 Å². The monoisotopic (exact) mass is 589 g/mol. The van der Waals surface area contributed by atoms with Gasteiger partial charge >= 0.3 is 0 Å². The molecule has 3 heterocycles. The molecule has 8 aliphatic rings. The van der Waals surface area contributed by atoms with E-state index in [1.165, 1.54) is 60.4 Å². The van der Waals surface area contributed by atoms with Crippen LogP contribution in [0.15, 0.2) is 48.7 Å². The summed E-state index contributed by atoms with van der Waals surface area (Å²) in [4.78, 5) is 4.65. The molecule has 44 heavy (non-hydrogen) atoms. The Morgan fingerprint density at radius 3 is 2.59 bits per heavy atom. The normalized spacial score (nSPS) is 43.3. The first-order chi connectivity index (χ1) is 21.2. The van der Waals surface area contributed by atoms with E-state index in [1.54, 1.807) is 11.1 Å². The fourth-order valence-electron chi connectivity index (χ4n) is 14.0. The lowest BCUT2D eigenvalue weighted by Gasteiger charge is -2.76.